The van der Waals surface area contributed by atoms with Crippen LogP contribution in [0.15, 0.2) is 46.4 Å². The van der Waals surface area contributed by atoms with Crippen LogP contribution in [0, 0.1) is 6.92 Å². The van der Waals surface area contributed by atoms with Crippen LogP contribution in [-0.4, -0.2) is 24.6 Å². The van der Waals surface area contributed by atoms with Crippen LogP contribution in [0.2, 0.25) is 0 Å². The van der Waals surface area contributed by atoms with Crippen molar-refractivity contribution in [3.8, 4) is 11.5 Å². The molecule has 2 aliphatic heterocycles. The van der Waals surface area contributed by atoms with Crippen LogP contribution in [-0.2, 0) is 9.59 Å². The molecule has 4 rings (SSSR count). The molecular weight excluding hydrogens is 416 g/mol. The summed E-state index contributed by atoms with van der Waals surface area (Å²) in [6, 6.07) is 9.34. The molecule has 0 spiro atoms. The summed E-state index contributed by atoms with van der Waals surface area (Å²) >= 11 is 3.38. The van der Waals surface area contributed by atoms with Gasteiger partial charge in [-0.1, -0.05) is 22.0 Å². The molecule has 0 atom stereocenters. The lowest BCUT2D eigenvalue weighted by atomic mass is 10.1. The molecule has 0 unspecified atom stereocenters. The quantitative estimate of drug-likeness (QED) is 0.586. The van der Waals surface area contributed by atoms with Crippen LogP contribution >= 0.6 is 15.9 Å². The van der Waals surface area contributed by atoms with Gasteiger partial charge in [0.05, 0.1) is 5.69 Å². The maximum absolute atomic E-state index is 12.9. The van der Waals surface area contributed by atoms with Gasteiger partial charge in [-0.25, -0.2) is 9.69 Å². The summed E-state index contributed by atoms with van der Waals surface area (Å²) < 4.78 is 11.4. The Labute approximate surface area is 162 Å². The number of benzene rings is 2. The highest BCUT2D eigenvalue weighted by Gasteiger charge is 2.37. The third kappa shape index (κ3) is 3.08. The number of fused-ring (bicyclic) bond motifs is 1. The van der Waals surface area contributed by atoms with Crippen LogP contribution in [0.3, 0.4) is 0 Å². The summed E-state index contributed by atoms with van der Waals surface area (Å²) in [6.45, 7) is 1.97. The molecule has 27 heavy (non-hydrogen) atoms. The minimum Gasteiger partial charge on any atom is -0.454 e. The number of hydrogen-bond acceptors (Lipinski definition) is 5. The van der Waals surface area contributed by atoms with Crippen molar-refractivity contribution in [2.45, 2.75) is 6.92 Å². The first-order valence-corrected chi connectivity index (χ1v) is 8.80. The lowest BCUT2D eigenvalue weighted by molar-refractivity contribution is -0.122. The van der Waals surface area contributed by atoms with E-state index in [0.29, 0.717) is 22.7 Å². The second-order valence-corrected chi connectivity index (χ2v) is 6.86. The van der Waals surface area contributed by atoms with Crippen LogP contribution in [0.5, 0.6) is 11.5 Å². The molecule has 136 valence electrons. The molecule has 4 amide bonds. The summed E-state index contributed by atoms with van der Waals surface area (Å²) in [7, 11) is 0. The van der Waals surface area contributed by atoms with E-state index < -0.39 is 17.8 Å². The van der Waals surface area contributed by atoms with Gasteiger partial charge >= 0.3 is 6.03 Å². The number of amides is 4. The van der Waals surface area contributed by atoms with Crippen molar-refractivity contribution in [2.24, 2.45) is 0 Å². The Morgan fingerprint density at radius 1 is 1.07 bits per heavy atom. The monoisotopic (exact) mass is 428 g/mol. The molecular formula is C19H13BrN2O5. The molecule has 7 nitrogen and oxygen atoms in total. The predicted octanol–water partition coefficient (Wildman–Crippen LogP) is 3.15. The number of rotatable bonds is 2. The standard InChI is InChI=1S/C19H13BrN2O5/c1-10-6-12(3-4-14(10)20)22-18(24)13(17(23)21-19(22)25)7-11-2-5-15-16(8-11)27-9-26-15/h2-8H,9H2,1H3,(H,21,23,25)/b13-7+. The van der Waals surface area contributed by atoms with Crippen LogP contribution in [0.4, 0.5) is 10.5 Å². The number of anilines is 1. The Hall–Kier alpha value is -3.13. The number of hydrogen-bond donors (Lipinski definition) is 1. The molecule has 2 heterocycles. The number of nitrogens with zero attached hydrogens (tertiary/aromatic N) is 1. The van der Waals surface area contributed by atoms with Gasteiger partial charge in [0.1, 0.15) is 5.57 Å². The molecule has 2 aromatic carbocycles. The highest BCUT2D eigenvalue weighted by molar-refractivity contribution is 9.10. The SMILES string of the molecule is Cc1cc(N2C(=O)NC(=O)/C(=C\c3ccc4c(c3)OCO4)C2=O)ccc1Br. The van der Waals surface area contributed by atoms with Gasteiger partial charge in [0.25, 0.3) is 11.8 Å². The average molecular weight is 429 g/mol. The van der Waals surface area contributed by atoms with Crippen LogP contribution in [0.25, 0.3) is 6.08 Å². The third-order valence-corrected chi connectivity index (χ3v) is 5.10. The Balaban J connectivity index is 1.72. The van der Waals surface area contributed by atoms with E-state index >= 15 is 0 Å². The molecule has 0 bridgehead atoms. The average Bonchev–Trinajstić information content (AvgIpc) is 3.09. The second-order valence-electron chi connectivity index (χ2n) is 6.00. The highest BCUT2D eigenvalue weighted by Crippen LogP contribution is 2.33. The van der Waals surface area contributed by atoms with Crippen molar-refractivity contribution in [1.29, 1.82) is 0 Å². The van der Waals surface area contributed by atoms with Crippen molar-refractivity contribution in [1.82, 2.24) is 5.32 Å². The van der Waals surface area contributed by atoms with E-state index in [1.165, 1.54) is 6.08 Å². The Morgan fingerprint density at radius 3 is 2.63 bits per heavy atom. The Kier molecular flexibility index (Phi) is 4.19. The normalized spacial score (nSPS) is 17.5. The first kappa shape index (κ1) is 17.3. The molecule has 2 aliphatic rings. The lowest BCUT2D eigenvalue weighted by Crippen LogP contribution is -2.54. The number of barbiturate groups is 1. The predicted molar refractivity (Wildman–Crippen MR) is 100 cm³/mol. The van der Waals surface area contributed by atoms with Crippen LogP contribution in [0.1, 0.15) is 11.1 Å². The van der Waals surface area contributed by atoms with Crippen molar-refractivity contribution in [3.05, 3.63) is 57.6 Å². The molecule has 0 saturated carbocycles. The summed E-state index contributed by atoms with van der Waals surface area (Å²) in [5.74, 6) is -0.306. The number of carbonyl (C=O) groups is 3. The van der Waals surface area contributed by atoms with Gasteiger partial charge in [-0.2, -0.15) is 0 Å². The van der Waals surface area contributed by atoms with Gasteiger partial charge < -0.3 is 9.47 Å². The highest BCUT2D eigenvalue weighted by atomic mass is 79.9. The van der Waals surface area contributed by atoms with E-state index in [1.54, 1.807) is 36.4 Å². The van der Waals surface area contributed by atoms with Crippen LogP contribution < -0.4 is 19.7 Å². The first-order valence-electron chi connectivity index (χ1n) is 8.01. The topological polar surface area (TPSA) is 84.9 Å². The Morgan fingerprint density at radius 2 is 1.85 bits per heavy atom. The van der Waals surface area contributed by atoms with E-state index in [9.17, 15) is 14.4 Å². The summed E-state index contributed by atoms with van der Waals surface area (Å²) in [4.78, 5) is 38.3. The van der Waals surface area contributed by atoms with Gasteiger partial charge in [0.2, 0.25) is 6.79 Å². The molecule has 8 heteroatoms. The number of ether oxygens (including phenoxy) is 2. The van der Waals surface area contributed by atoms with E-state index in [-0.39, 0.29) is 12.4 Å². The number of aryl methyl sites for hydroxylation is 1. The van der Waals surface area contributed by atoms with Crippen molar-refractivity contribution in [2.75, 3.05) is 11.7 Å². The minimum atomic E-state index is -0.783. The van der Waals surface area contributed by atoms with Gasteiger partial charge in [-0.3, -0.25) is 14.9 Å². The summed E-state index contributed by atoms with van der Waals surface area (Å²) in [6.07, 6.45) is 1.42. The number of urea groups is 1. The number of imide groups is 2. The zero-order valence-corrected chi connectivity index (χ0v) is 15.7. The van der Waals surface area contributed by atoms with Crippen molar-refractivity contribution >= 4 is 45.5 Å². The van der Waals surface area contributed by atoms with E-state index in [2.05, 4.69) is 21.2 Å². The lowest BCUT2D eigenvalue weighted by Gasteiger charge is -2.26. The molecule has 1 N–H and O–H groups in total. The molecule has 0 radical (unpaired) electrons. The van der Waals surface area contributed by atoms with E-state index in [1.807, 2.05) is 6.92 Å². The van der Waals surface area contributed by atoms with Gasteiger partial charge in [-0.15, -0.1) is 0 Å². The van der Waals surface area contributed by atoms with E-state index in [4.69, 9.17) is 9.47 Å². The third-order valence-electron chi connectivity index (χ3n) is 4.21. The fourth-order valence-corrected chi connectivity index (χ4v) is 3.08. The maximum atomic E-state index is 12.9. The van der Waals surface area contributed by atoms with E-state index in [0.717, 1.165) is 14.9 Å². The molecule has 2 aromatic rings. The van der Waals surface area contributed by atoms with Gasteiger partial charge in [0, 0.05) is 4.47 Å². The zero-order valence-electron chi connectivity index (χ0n) is 14.1. The fraction of sp³-hybridized carbons (Fsp3) is 0.105. The van der Waals surface area contributed by atoms with Gasteiger partial charge in [0.15, 0.2) is 11.5 Å². The number of nitrogens with one attached hydrogen (secondary N) is 1. The smallest absolute Gasteiger partial charge is 0.335 e. The summed E-state index contributed by atoms with van der Waals surface area (Å²) in [5.41, 5.74) is 1.67. The number of carbonyl (C=O) groups excluding carboxylic acids is 3. The molecule has 1 saturated heterocycles. The number of halogens is 1. The molecule has 1 fully saturated rings. The molecule has 0 aromatic heterocycles. The van der Waals surface area contributed by atoms with Gasteiger partial charge in [-0.05, 0) is 54.5 Å². The Bertz CT molecular complexity index is 1030. The zero-order chi connectivity index (χ0) is 19.1. The summed E-state index contributed by atoms with van der Waals surface area (Å²) in [5, 5.41) is 2.21. The second kappa shape index (κ2) is 6.55. The fourth-order valence-electron chi connectivity index (χ4n) is 2.83. The maximum Gasteiger partial charge on any atom is 0.335 e. The molecule has 0 aliphatic carbocycles. The van der Waals surface area contributed by atoms with Crippen molar-refractivity contribution < 1.29 is 23.9 Å². The largest absolute Gasteiger partial charge is 0.454 e. The minimum absolute atomic E-state index is 0.125. The first-order chi connectivity index (χ1) is 12.9. The van der Waals surface area contributed by atoms with Crippen molar-refractivity contribution in [3.63, 3.8) is 0 Å².